The number of aldehydes is 1. The molecule has 6 rings (SSSR count). The molecule has 0 unspecified atom stereocenters. The zero-order valence-electron chi connectivity index (χ0n) is 19.5. The quantitative estimate of drug-likeness (QED) is 0.378. The lowest BCUT2D eigenvalue weighted by Gasteiger charge is -2.45. The number of benzene rings is 2. The second-order valence-electron chi connectivity index (χ2n) is 9.80. The number of anilines is 2. The van der Waals surface area contributed by atoms with Gasteiger partial charge in [-0.2, -0.15) is 0 Å². The summed E-state index contributed by atoms with van der Waals surface area (Å²) >= 11 is 0. The van der Waals surface area contributed by atoms with Crippen LogP contribution in [0.1, 0.15) is 24.0 Å². The number of fused-ring (bicyclic) bond motifs is 2. The van der Waals surface area contributed by atoms with E-state index in [0.29, 0.717) is 47.4 Å². The first-order chi connectivity index (χ1) is 17.7. The fraction of sp³-hybridized carbons (Fsp3) is 0.269. The molecular formula is C26H21F3N6O2. The van der Waals surface area contributed by atoms with E-state index in [2.05, 4.69) is 25.3 Å². The van der Waals surface area contributed by atoms with Gasteiger partial charge in [-0.25, -0.2) is 28.1 Å². The predicted molar refractivity (Wildman–Crippen MR) is 130 cm³/mol. The van der Waals surface area contributed by atoms with Crippen molar-refractivity contribution >= 4 is 28.7 Å². The number of aromatic amines is 1. The van der Waals surface area contributed by atoms with Crippen molar-refractivity contribution < 1.29 is 18.0 Å². The second kappa shape index (κ2) is 8.48. The topological polar surface area (TPSA) is 104 Å². The van der Waals surface area contributed by atoms with Crippen LogP contribution in [0.2, 0.25) is 0 Å². The zero-order valence-corrected chi connectivity index (χ0v) is 19.5. The molecule has 2 aliphatic rings. The highest BCUT2D eigenvalue weighted by Gasteiger charge is 2.57. The van der Waals surface area contributed by atoms with E-state index >= 15 is 0 Å². The van der Waals surface area contributed by atoms with Gasteiger partial charge in [-0.05, 0) is 35.4 Å². The van der Waals surface area contributed by atoms with Crippen molar-refractivity contribution in [3.63, 3.8) is 0 Å². The van der Waals surface area contributed by atoms with Crippen LogP contribution in [-0.4, -0.2) is 43.6 Å². The van der Waals surface area contributed by atoms with Crippen LogP contribution in [0.5, 0.6) is 0 Å². The summed E-state index contributed by atoms with van der Waals surface area (Å²) in [7, 11) is 0. The third-order valence-corrected chi connectivity index (χ3v) is 6.91. The van der Waals surface area contributed by atoms with Crippen molar-refractivity contribution in [3.8, 4) is 11.4 Å². The number of halogens is 3. The first kappa shape index (κ1) is 23.3. The first-order valence-electron chi connectivity index (χ1n) is 11.7. The lowest BCUT2D eigenvalue weighted by Crippen LogP contribution is -2.52. The molecule has 188 valence electrons. The van der Waals surface area contributed by atoms with Crippen LogP contribution in [0.25, 0.3) is 22.3 Å². The van der Waals surface area contributed by atoms with Gasteiger partial charge < -0.3 is 15.1 Å². The molecule has 0 atom stereocenters. The third-order valence-electron chi connectivity index (χ3n) is 6.91. The summed E-state index contributed by atoms with van der Waals surface area (Å²) in [5.41, 5.74) is 2.39. The molecule has 1 saturated carbocycles. The van der Waals surface area contributed by atoms with Crippen molar-refractivity contribution in [2.45, 2.75) is 31.9 Å². The summed E-state index contributed by atoms with van der Waals surface area (Å²) in [5, 5.41) is 3.34. The lowest BCUT2D eigenvalue weighted by atomic mass is 9.67. The van der Waals surface area contributed by atoms with Gasteiger partial charge in [0.05, 0.1) is 28.8 Å². The van der Waals surface area contributed by atoms with E-state index in [0.717, 1.165) is 17.3 Å². The Labute approximate surface area is 208 Å². The highest BCUT2D eigenvalue weighted by Crippen LogP contribution is 2.51. The van der Waals surface area contributed by atoms with Crippen molar-refractivity contribution in [1.82, 2.24) is 24.8 Å². The van der Waals surface area contributed by atoms with Gasteiger partial charge in [-0.3, -0.25) is 9.69 Å². The predicted octanol–water partition coefficient (Wildman–Crippen LogP) is 4.19. The molecule has 1 fully saturated rings. The summed E-state index contributed by atoms with van der Waals surface area (Å²) in [6, 6.07) is 10.5. The molecule has 37 heavy (non-hydrogen) atoms. The Morgan fingerprint density at radius 3 is 2.68 bits per heavy atom. The third kappa shape index (κ3) is 4.35. The molecule has 1 aliphatic carbocycles. The highest BCUT2D eigenvalue weighted by molar-refractivity contribution is 5.82. The number of H-pyrrole nitrogens is 1. The number of hydrogen-bond acceptors (Lipinski definition) is 7. The Morgan fingerprint density at radius 2 is 1.89 bits per heavy atom. The Bertz CT molecular complexity index is 1600. The highest BCUT2D eigenvalue weighted by atomic mass is 19.3. The first-order valence-corrected chi connectivity index (χ1v) is 11.7. The molecule has 2 aromatic carbocycles. The second-order valence-corrected chi connectivity index (χ2v) is 9.80. The number of hydrogen-bond donors (Lipinski definition) is 2. The van der Waals surface area contributed by atoms with Crippen molar-refractivity contribution in [2.24, 2.45) is 5.41 Å². The minimum atomic E-state index is -2.77. The smallest absolute Gasteiger partial charge is 0.258 e. The molecule has 2 aromatic heterocycles. The van der Waals surface area contributed by atoms with E-state index in [9.17, 15) is 22.8 Å². The standard InChI is InChI=1S/C26H21F3N6O2/c27-20-7-30-22(34-23(20)33-18-3-4-19-21(6-18)31-14-32-24(19)37)15-1-2-16-8-35(9-17(16)5-15)12-25(13-36)10-26(28,29)11-25/h1-7,13-14H,8-12H2,(H,30,33,34)(H,31,32,37). The monoisotopic (exact) mass is 506 g/mol. The van der Waals surface area contributed by atoms with Gasteiger partial charge in [0.1, 0.15) is 6.29 Å². The van der Waals surface area contributed by atoms with Gasteiger partial charge in [0.2, 0.25) is 5.92 Å². The van der Waals surface area contributed by atoms with Crippen LogP contribution < -0.4 is 10.9 Å². The average molecular weight is 506 g/mol. The molecule has 1 aliphatic heterocycles. The largest absolute Gasteiger partial charge is 0.338 e. The molecule has 0 saturated heterocycles. The Balaban J connectivity index is 1.22. The lowest BCUT2D eigenvalue weighted by molar-refractivity contribution is -0.172. The van der Waals surface area contributed by atoms with E-state index in [1.54, 1.807) is 18.2 Å². The van der Waals surface area contributed by atoms with Gasteiger partial charge in [0, 0.05) is 43.7 Å². The van der Waals surface area contributed by atoms with Crippen molar-refractivity contribution in [1.29, 1.82) is 0 Å². The number of carbonyl (C=O) groups excluding carboxylic acids is 1. The number of nitrogens with zero attached hydrogens (tertiary/aromatic N) is 4. The number of nitrogens with one attached hydrogen (secondary N) is 2. The van der Waals surface area contributed by atoms with E-state index in [1.165, 1.54) is 6.33 Å². The fourth-order valence-electron chi connectivity index (χ4n) is 5.25. The Morgan fingerprint density at radius 1 is 1.08 bits per heavy atom. The van der Waals surface area contributed by atoms with E-state index < -0.39 is 30.0 Å². The van der Waals surface area contributed by atoms with Crippen LogP contribution in [0.4, 0.5) is 24.7 Å². The number of rotatable bonds is 6. The minimum absolute atomic E-state index is 0.0323. The van der Waals surface area contributed by atoms with E-state index in [1.807, 2.05) is 23.1 Å². The van der Waals surface area contributed by atoms with Crippen molar-refractivity contribution in [3.05, 3.63) is 76.2 Å². The van der Waals surface area contributed by atoms with Crippen LogP contribution >= 0.6 is 0 Å². The SMILES string of the molecule is O=CC1(CN2Cc3ccc(-c4ncc(F)c(Nc5ccc6c(=O)[nH]cnc6c5)n4)cc3C2)CC(F)(F)C1. The summed E-state index contributed by atoms with van der Waals surface area (Å²) in [4.78, 5) is 40.6. The number of carbonyl (C=O) groups is 1. The number of alkyl halides is 2. The van der Waals surface area contributed by atoms with E-state index in [-0.39, 0.29) is 17.9 Å². The molecule has 0 bridgehead atoms. The van der Waals surface area contributed by atoms with Crippen LogP contribution in [-0.2, 0) is 17.9 Å². The van der Waals surface area contributed by atoms with Crippen LogP contribution in [0, 0.1) is 11.2 Å². The maximum atomic E-state index is 14.6. The Kier molecular flexibility index (Phi) is 5.34. The summed E-state index contributed by atoms with van der Waals surface area (Å²) in [6.45, 7) is 1.36. The summed E-state index contributed by atoms with van der Waals surface area (Å²) in [6.07, 6.45) is 2.23. The van der Waals surface area contributed by atoms with Gasteiger partial charge in [0.25, 0.3) is 5.56 Å². The van der Waals surface area contributed by atoms with Crippen molar-refractivity contribution in [2.75, 3.05) is 11.9 Å². The van der Waals surface area contributed by atoms with Gasteiger partial charge in [0.15, 0.2) is 17.5 Å². The number of aromatic nitrogens is 4. The minimum Gasteiger partial charge on any atom is -0.338 e. The normalized spacial score (nSPS) is 17.8. The van der Waals surface area contributed by atoms with Gasteiger partial charge >= 0.3 is 0 Å². The molecule has 2 N–H and O–H groups in total. The molecule has 0 radical (unpaired) electrons. The average Bonchev–Trinajstić information content (AvgIpc) is 3.25. The molecular weight excluding hydrogens is 485 g/mol. The maximum absolute atomic E-state index is 14.6. The molecule has 0 amide bonds. The van der Waals surface area contributed by atoms with Crippen LogP contribution in [0.15, 0.2) is 53.7 Å². The zero-order chi connectivity index (χ0) is 25.8. The van der Waals surface area contributed by atoms with E-state index in [4.69, 9.17) is 0 Å². The van der Waals surface area contributed by atoms with Crippen LogP contribution in [0.3, 0.4) is 0 Å². The molecule has 0 spiro atoms. The molecule has 4 aromatic rings. The molecule has 11 heteroatoms. The fourth-order valence-corrected chi connectivity index (χ4v) is 5.25. The van der Waals surface area contributed by atoms with Gasteiger partial charge in [-0.1, -0.05) is 12.1 Å². The van der Waals surface area contributed by atoms with Gasteiger partial charge in [-0.15, -0.1) is 0 Å². The summed E-state index contributed by atoms with van der Waals surface area (Å²) < 4.78 is 41.4. The molecule has 3 heterocycles. The summed E-state index contributed by atoms with van der Waals surface area (Å²) in [5.74, 6) is -3.14. The maximum Gasteiger partial charge on any atom is 0.258 e. The molecule has 8 nitrogen and oxygen atoms in total. The Hall–Kier alpha value is -4.12.